The predicted octanol–water partition coefficient (Wildman–Crippen LogP) is -7.46. The first-order valence-electron chi connectivity index (χ1n) is 11.6. The monoisotopic (exact) mass is 621 g/mol. The van der Waals surface area contributed by atoms with Crippen LogP contribution in [0.25, 0.3) is 0 Å². The van der Waals surface area contributed by atoms with Crippen molar-refractivity contribution < 1.29 is 128 Å². The zero-order chi connectivity index (χ0) is 25.1. The zero-order valence-electron chi connectivity index (χ0n) is 22.7. The van der Waals surface area contributed by atoms with E-state index in [1.807, 2.05) is 12.1 Å². The van der Waals surface area contributed by atoms with Crippen LogP contribution in [0.3, 0.4) is 0 Å². The maximum absolute atomic E-state index is 12.4. The zero-order valence-corrected chi connectivity index (χ0v) is 31.1. The summed E-state index contributed by atoms with van der Waals surface area (Å²) in [6, 6.07) is 6.13. The molecule has 0 aromatic heterocycles. The third-order valence-corrected chi connectivity index (χ3v) is 8.16. The Hall–Kier alpha value is 2.10. The first-order chi connectivity index (χ1) is 16.0. The fourth-order valence-electron chi connectivity index (χ4n) is 6.26. The van der Waals surface area contributed by atoms with Crippen molar-refractivity contribution in [3.8, 4) is 5.75 Å². The number of hydrogen-bond acceptors (Lipinski definition) is 7. The van der Waals surface area contributed by atoms with Crippen molar-refractivity contribution >= 4 is 37.1 Å². The molecule has 3 aliphatic carbocycles. The second kappa shape index (κ2) is 18.7. The molecule has 3 N–H and O–H groups in total. The third kappa shape index (κ3) is 11.0. The van der Waals surface area contributed by atoms with Crippen LogP contribution in [0.5, 0.6) is 5.75 Å². The van der Waals surface area contributed by atoms with E-state index in [9.17, 15) is 9.90 Å². The van der Waals surface area contributed by atoms with Gasteiger partial charge in [-0.15, -0.1) is 23.2 Å². The van der Waals surface area contributed by atoms with Crippen molar-refractivity contribution in [2.45, 2.75) is 57.5 Å². The molecular formula is C23H33Cl2NNa3O8P. The molecule has 9 nitrogen and oxygen atoms in total. The molecule has 5 atom stereocenters. The molecular weight excluding hydrogens is 589 g/mol. The van der Waals surface area contributed by atoms with Crippen LogP contribution in [0.15, 0.2) is 18.2 Å². The molecule has 0 saturated heterocycles. The number of fused-ring (bicyclic) bond motifs is 5. The van der Waals surface area contributed by atoms with Gasteiger partial charge in [-0.3, -0.25) is 0 Å². The van der Waals surface area contributed by atoms with E-state index in [1.54, 1.807) is 4.90 Å². The number of phosphoric acid groups is 1. The molecule has 2 saturated carbocycles. The summed E-state index contributed by atoms with van der Waals surface area (Å²) >= 11 is 11.6. The Morgan fingerprint density at radius 2 is 1.68 bits per heavy atom. The normalized spacial score (nSPS) is 26.6. The summed E-state index contributed by atoms with van der Waals surface area (Å²) in [6.45, 7) is 3.15. The molecule has 15 heteroatoms. The van der Waals surface area contributed by atoms with Crippen molar-refractivity contribution in [2.75, 3.05) is 24.8 Å². The summed E-state index contributed by atoms with van der Waals surface area (Å²) in [5, 5.41) is 10.5. The Bertz CT molecular complexity index is 916. The molecule has 4 rings (SSSR count). The Balaban J connectivity index is 0. The molecule has 200 valence electrons. The minimum Gasteiger partial charge on any atom is -0.822 e. The summed E-state index contributed by atoms with van der Waals surface area (Å²) in [5.41, 5.74) is 2.82. The van der Waals surface area contributed by atoms with Crippen LogP contribution in [0, 0.1) is 17.3 Å². The molecule has 3 aliphatic rings. The minimum atomic E-state index is -5.39. The summed E-state index contributed by atoms with van der Waals surface area (Å²) < 4.78 is 14.2. The first kappa shape index (κ1) is 42.2. The van der Waals surface area contributed by atoms with Crippen LogP contribution >= 0.6 is 31.0 Å². The van der Waals surface area contributed by atoms with E-state index in [1.165, 1.54) is 11.1 Å². The predicted molar refractivity (Wildman–Crippen MR) is 127 cm³/mol. The number of amides is 1. The van der Waals surface area contributed by atoms with Crippen LogP contribution in [-0.2, 0) is 11.0 Å². The molecule has 1 aromatic rings. The summed E-state index contributed by atoms with van der Waals surface area (Å²) in [5.74, 6) is 3.16. The van der Waals surface area contributed by atoms with E-state index < -0.39 is 13.9 Å². The molecule has 38 heavy (non-hydrogen) atoms. The van der Waals surface area contributed by atoms with Gasteiger partial charge in [-0.05, 0) is 85.0 Å². The van der Waals surface area contributed by atoms with Crippen molar-refractivity contribution in [3.05, 3.63) is 29.3 Å². The largest absolute Gasteiger partial charge is 1.00 e. The topological polar surface area (TPSA) is 168 Å². The summed E-state index contributed by atoms with van der Waals surface area (Å²) in [6.07, 6.45) is 5.98. The standard InChI is InChI=1S/C23H31Cl2NO3.3Na.H3O4P.H2O/c1-23-9-8-18-17-5-3-16(29-22(28)26(12-10-24)13-11-25)14-15(17)2-4-19(18)20(23)6-7-21(23)27;;;;1-5(2,3)4;/h3,5,14,18-21,27H,2,4,6-13H2,1H3;;;;(H3,1,2,3,4);1H2/q;3*+1;;/p-3/t18-,19-,20+,21+,23+;;;;;/m1...../s1. The molecule has 0 heterocycles. The van der Waals surface area contributed by atoms with Crippen molar-refractivity contribution in [1.82, 2.24) is 4.90 Å². The van der Waals surface area contributed by atoms with Crippen molar-refractivity contribution in [3.63, 3.8) is 0 Å². The first-order valence-corrected chi connectivity index (χ1v) is 14.1. The second-order valence-corrected chi connectivity index (χ2v) is 11.2. The van der Waals surface area contributed by atoms with Gasteiger partial charge in [0.15, 0.2) is 0 Å². The summed E-state index contributed by atoms with van der Waals surface area (Å²) in [7, 11) is -5.39. The Morgan fingerprint density at radius 1 is 1.11 bits per heavy atom. The Kier molecular flexibility index (Phi) is 20.8. The number of aryl methyl sites for hydroxylation is 1. The molecule has 1 amide bonds. The van der Waals surface area contributed by atoms with Gasteiger partial charge >= 0.3 is 94.8 Å². The van der Waals surface area contributed by atoms with Crippen molar-refractivity contribution in [2.24, 2.45) is 17.3 Å². The number of nitrogens with zero attached hydrogens (tertiary/aromatic N) is 1. The fourth-order valence-corrected chi connectivity index (χ4v) is 6.67. The van der Waals surface area contributed by atoms with Crippen LogP contribution in [-0.4, -0.2) is 52.5 Å². The average Bonchev–Trinajstić information content (AvgIpc) is 3.06. The number of halogens is 2. The third-order valence-electron chi connectivity index (χ3n) is 7.82. The van der Waals surface area contributed by atoms with E-state index in [4.69, 9.17) is 47.2 Å². The molecule has 0 radical (unpaired) electrons. The molecule has 0 unspecified atom stereocenters. The number of aliphatic hydroxyl groups excluding tert-OH is 1. The van der Waals surface area contributed by atoms with Gasteiger partial charge in [0.1, 0.15) is 5.75 Å². The number of carbonyl (C=O) groups is 1. The SMILES string of the molecule is C[C@]12CC[C@@H]3c4ccc(OC(=O)N(CCCl)CCCl)cc4CC[C@H]3[C@@H]1CC[C@@H]2O.O.O=P([O-])([O-])[O-].[Na+].[Na+].[Na+]. The summed E-state index contributed by atoms with van der Waals surface area (Å²) in [4.78, 5) is 39.6. The van der Waals surface area contributed by atoms with Crippen molar-refractivity contribution in [1.29, 1.82) is 0 Å². The van der Waals surface area contributed by atoms with Gasteiger partial charge in [-0.2, -0.15) is 7.82 Å². The molecule has 0 spiro atoms. The van der Waals surface area contributed by atoms with Gasteiger partial charge < -0.3 is 39.5 Å². The van der Waals surface area contributed by atoms with E-state index in [2.05, 4.69) is 13.0 Å². The van der Waals surface area contributed by atoms with Crippen LogP contribution in [0.1, 0.15) is 56.1 Å². The number of hydrogen-bond donors (Lipinski definition) is 1. The maximum Gasteiger partial charge on any atom is 1.00 e. The molecule has 0 aliphatic heterocycles. The van der Waals surface area contributed by atoms with Crippen LogP contribution in [0.4, 0.5) is 4.79 Å². The Labute approximate surface area is 301 Å². The number of carbonyl (C=O) groups excluding carboxylic acids is 1. The number of alkyl halides is 2. The quantitative estimate of drug-likeness (QED) is 0.194. The Morgan fingerprint density at radius 3 is 2.24 bits per heavy atom. The van der Waals surface area contributed by atoms with Crippen LogP contribution in [0.2, 0.25) is 0 Å². The van der Waals surface area contributed by atoms with Gasteiger partial charge in [0.05, 0.1) is 6.10 Å². The van der Waals surface area contributed by atoms with E-state index in [0.29, 0.717) is 48.4 Å². The van der Waals surface area contributed by atoms with Gasteiger partial charge in [0.25, 0.3) is 0 Å². The number of rotatable bonds is 5. The maximum atomic E-state index is 12.4. The average molecular weight is 622 g/mol. The number of aliphatic hydroxyl groups is 1. The minimum absolute atomic E-state index is 0. The van der Waals surface area contributed by atoms with E-state index in [0.717, 1.165) is 38.5 Å². The van der Waals surface area contributed by atoms with Gasteiger partial charge in [0.2, 0.25) is 0 Å². The number of ether oxygens (including phenoxy) is 1. The number of benzene rings is 1. The van der Waals surface area contributed by atoms with Gasteiger partial charge in [-0.1, -0.05) is 13.0 Å². The fraction of sp³-hybridized carbons (Fsp3) is 0.696. The molecule has 0 bridgehead atoms. The van der Waals surface area contributed by atoms with E-state index >= 15 is 0 Å². The molecule has 1 aromatic carbocycles. The smallest absolute Gasteiger partial charge is 0.822 e. The van der Waals surface area contributed by atoms with E-state index in [-0.39, 0.29) is 106 Å². The molecule has 2 fully saturated rings. The second-order valence-electron chi connectivity index (χ2n) is 9.59. The van der Waals surface area contributed by atoms with Gasteiger partial charge in [-0.25, -0.2) is 4.79 Å². The van der Waals surface area contributed by atoms with Crippen LogP contribution < -0.4 is 108 Å². The van der Waals surface area contributed by atoms with Gasteiger partial charge in [0, 0.05) is 24.8 Å².